The molecule has 0 aliphatic carbocycles. The third-order valence-electron chi connectivity index (χ3n) is 2.87. The van der Waals surface area contributed by atoms with Crippen molar-refractivity contribution in [3.05, 3.63) is 35.6 Å². The van der Waals surface area contributed by atoms with Gasteiger partial charge < -0.3 is 5.11 Å². The van der Waals surface area contributed by atoms with Gasteiger partial charge in [-0.25, -0.2) is 4.39 Å². The van der Waals surface area contributed by atoms with E-state index < -0.39 is 17.8 Å². The number of carbonyl (C=O) groups is 1. The molecule has 1 N–H and O–H groups in total. The Bertz CT molecular complexity index is 394. The summed E-state index contributed by atoms with van der Waals surface area (Å²) in [6.45, 7) is 1.25. The Balaban J connectivity index is 2.06. The van der Waals surface area contributed by atoms with E-state index in [0.717, 1.165) is 18.5 Å². The number of benzene rings is 1. The molecule has 1 saturated heterocycles. The second-order valence-electron chi connectivity index (χ2n) is 4.01. The van der Waals surface area contributed by atoms with Gasteiger partial charge in [0.15, 0.2) is 0 Å². The molecule has 16 heavy (non-hydrogen) atoms. The van der Waals surface area contributed by atoms with E-state index in [1.165, 1.54) is 12.1 Å². The maximum absolute atomic E-state index is 12.9. The van der Waals surface area contributed by atoms with Crippen molar-refractivity contribution in [2.24, 2.45) is 0 Å². The van der Waals surface area contributed by atoms with Gasteiger partial charge in [-0.1, -0.05) is 12.1 Å². The molecule has 2 rings (SSSR count). The first kappa shape index (κ1) is 11.1. The van der Waals surface area contributed by atoms with E-state index >= 15 is 0 Å². The van der Waals surface area contributed by atoms with Gasteiger partial charge in [0, 0.05) is 12.6 Å². The molecule has 0 spiro atoms. The van der Waals surface area contributed by atoms with Crippen LogP contribution in [0.2, 0.25) is 0 Å². The molecular formula is C12H13FNO2. The van der Waals surface area contributed by atoms with Crippen molar-refractivity contribution in [3.8, 4) is 0 Å². The maximum Gasteiger partial charge on any atom is 0.320 e. The number of halogens is 1. The van der Waals surface area contributed by atoms with Crippen LogP contribution in [-0.4, -0.2) is 28.6 Å². The van der Waals surface area contributed by atoms with Gasteiger partial charge in [-0.05, 0) is 31.0 Å². The molecule has 85 valence electrons. The first-order valence-corrected chi connectivity index (χ1v) is 5.30. The fourth-order valence-electron chi connectivity index (χ4n) is 2.11. The van der Waals surface area contributed by atoms with E-state index in [0.29, 0.717) is 13.0 Å². The number of hydrogen-bond donors (Lipinski definition) is 1. The lowest BCUT2D eigenvalue weighted by Crippen LogP contribution is -2.35. The standard InChI is InChI=1S/C12H13FNO2/c13-10-4-1-3-9(7-10)8-14-6-2-5-11(14)12(15)16/h1,3,7,11H,2,5-6,8H2,(H,15,16)/t11-/m1/s1. The molecule has 0 aromatic heterocycles. The Morgan fingerprint density at radius 3 is 3.19 bits per heavy atom. The summed E-state index contributed by atoms with van der Waals surface area (Å²) < 4.78 is 12.9. The second kappa shape index (κ2) is 4.61. The van der Waals surface area contributed by atoms with Crippen LogP contribution in [0.4, 0.5) is 4.39 Å². The third-order valence-corrected chi connectivity index (χ3v) is 2.87. The monoisotopic (exact) mass is 222 g/mol. The van der Waals surface area contributed by atoms with Gasteiger partial charge in [0.25, 0.3) is 0 Å². The highest BCUT2D eigenvalue weighted by molar-refractivity contribution is 5.73. The van der Waals surface area contributed by atoms with Crippen molar-refractivity contribution >= 4 is 5.97 Å². The van der Waals surface area contributed by atoms with Gasteiger partial charge in [0.05, 0.1) is 0 Å². The number of nitrogens with zero attached hydrogens (tertiary/aromatic N) is 1. The second-order valence-corrected chi connectivity index (χ2v) is 4.01. The van der Waals surface area contributed by atoms with Gasteiger partial charge >= 0.3 is 5.97 Å². The number of carboxylic acid groups (broad SMARTS) is 1. The topological polar surface area (TPSA) is 40.5 Å². The molecular weight excluding hydrogens is 209 g/mol. The number of rotatable bonds is 3. The molecule has 1 radical (unpaired) electrons. The summed E-state index contributed by atoms with van der Waals surface area (Å²) in [7, 11) is 0. The molecule has 3 nitrogen and oxygen atoms in total. The maximum atomic E-state index is 12.9. The largest absolute Gasteiger partial charge is 0.480 e. The van der Waals surface area contributed by atoms with E-state index in [1.54, 1.807) is 6.07 Å². The molecule has 1 fully saturated rings. The van der Waals surface area contributed by atoms with Crippen LogP contribution in [0.1, 0.15) is 18.4 Å². The van der Waals surface area contributed by atoms with Gasteiger partial charge in [-0.15, -0.1) is 0 Å². The number of hydrogen-bond acceptors (Lipinski definition) is 2. The normalized spacial score (nSPS) is 21.2. The molecule has 4 heteroatoms. The molecule has 0 unspecified atom stereocenters. The summed E-state index contributed by atoms with van der Waals surface area (Å²) in [6, 6.07) is 6.69. The fourth-order valence-corrected chi connectivity index (χ4v) is 2.11. The minimum Gasteiger partial charge on any atom is -0.480 e. The van der Waals surface area contributed by atoms with E-state index in [2.05, 4.69) is 6.07 Å². The highest BCUT2D eigenvalue weighted by Crippen LogP contribution is 2.20. The summed E-state index contributed by atoms with van der Waals surface area (Å²) in [5.41, 5.74) is 0.796. The number of aliphatic carboxylic acids is 1. The van der Waals surface area contributed by atoms with E-state index in [1.807, 2.05) is 4.90 Å². The Morgan fingerprint density at radius 1 is 1.69 bits per heavy atom. The Kier molecular flexibility index (Phi) is 3.19. The van der Waals surface area contributed by atoms with Crippen LogP contribution in [0.15, 0.2) is 18.2 Å². The first-order valence-electron chi connectivity index (χ1n) is 5.30. The van der Waals surface area contributed by atoms with Crippen molar-refractivity contribution in [3.63, 3.8) is 0 Å². The Morgan fingerprint density at radius 2 is 2.50 bits per heavy atom. The fraction of sp³-hybridized carbons (Fsp3) is 0.417. The van der Waals surface area contributed by atoms with Gasteiger partial charge in [-0.2, -0.15) is 0 Å². The summed E-state index contributed by atoms with van der Waals surface area (Å²) in [5, 5.41) is 8.99. The first-order chi connectivity index (χ1) is 7.66. The SMILES string of the molecule is O=C(O)[C@H]1CCCN1Cc1cc[c]c(F)c1. The zero-order valence-electron chi connectivity index (χ0n) is 8.82. The summed E-state index contributed by atoms with van der Waals surface area (Å²) >= 11 is 0. The molecule has 0 saturated carbocycles. The molecule has 1 heterocycles. The van der Waals surface area contributed by atoms with E-state index in [9.17, 15) is 9.18 Å². The van der Waals surface area contributed by atoms with Gasteiger partial charge in [0.2, 0.25) is 0 Å². The molecule has 1 atom stereocenters. The molecule has 0 amide bonds. The average Bonchev–Trinajstić information content (AvgIpc) is 2.66. The van der Waals surface area contributed by atoms with Crippen molar-refractivity contribution < 1.29 is 14.3 Å². The number of likely N-dealkylation sites (tertiary alicyclic amines) is 1. The van der Waals surface area contributed by atoms with Gasteiger partial charge in [0.1, 0.15) is 11.9 Å². The van der Waals surface area contributed by atoms with Crippen LogP contribution in [0.5, 0.6) is 0 Å². The highest BCUT2D eigenvalue weighted by atomic mass is 19.1. The highest BCUT2D eigenvalue weighted by Gasteiger charge is 2.30. The predicted octanol–water partition coefficient (Wildman–Crippen LogP) is 1.67. The zero-order chi connectivity index (χ0) is 11.5. The Labute approximate surface area is 93.5 Å². The lowest BCUT2D eigenvalue weighted by Gasteiger charge is -2.20. The minimum absolute atomic E-state index is 0.399. The van der Waals surface area contributed by atoms with E-state index in [4.69, 9.17) is 5.11 Å². The summed E-state index contributed by atoms with van der Waals surface area (Å²) in [6.07, 6.45) is 1.56. The molecule has 1 aliphatic heterocycles. The van der Waals surface area contributed by atoms with Crippen molar-refractivity contribution in [2.75, 3.05) is 6.54 Å². The minimum atomic E-state index is -0.791. The smallest absolute Gasteiger partial charge is 0.320 e. The summed E-state index contributed by atoms with van der Waals surface area (Å²) in [4.78, 5) is 12.8. The quantitative estimate of drug-likeness (QED) is 0.845. The van der Waals surface area contributed by atoms with Crippen molar-refractivity contribution in [1.29, 1.82) is 0 Å². The van der Waals surface area contributed by atoms with Gasteiger partial charge in [-0.3, -0.25) is 9.69 Å². The average molecular weight is 222 g/mol. The van der Waals surface area contributed by atoms with Crippen LogP contribution >= 0.6 is 0 Å². The number of carboxylic acids is 1. The zero-order valence-corrected chi connectivity index (χ0v) is 8.82. The molecule has 0 bridgehead atoms. The van der Waals surface area contributed by atoms with Crippen molar-refractivity contribution in [1.82, 2.24) is 4.90 Å². The Hall–Kier alpha value is -1.42. The van der Waals surface area contributed by atoms with Crippen LogP contribution < -0.4 is 0 Å². The van der Waals surface area contributed by atoms with E-state index in [-0.39, 0.29) is 0 Å². The van der Waals surface area contributed by atoms with Crippen molar-refractivity contribution in [2.45, 2.75) is 25.4 Å². The third kappa shape index (κ3) is 2.39. The summed E-state index contributed by atoms with van der Waals surface area (Å²) in [5.74, 6) is -1.19. The van der Waals surface area contributed by atoms with Crippen LogP contribution in [0.3, 0.4) is 0 Å². The lowest BCUT2D eigenvalue weighted by molar-refractivity contribution is -0.142. The van der Waals surface area contributed by atoms with Crippen LogP contribution in [-0.2, 0) is 11.3 Å². The van der Waals surface area contributed by atoms with Crippen LogP contribution in [0, 0.1) is 11.9 Å². The lowest BCUT2D eigenvalue weighted by atomic mass is 10.2. The van der Waals surface area contributed by atoms with Crippen LogP contribution in [0.25, 0.3) is 0 Å². The predicted molar refractivity (Wildman–Crippen MR) is 56.3 cm³/mol. The molecule has 1 aromatic carbocycles. The molecule has 1 aliphatic rings. The molecule has 1 aromatic rings.